The summed E-state index contributed by atoms with van der Waals surface area (Å²) >= 11 is 11.9. The lowest BCUT2D eigenvalue weighted by Gasteiger charge is -1.99. The number of benzene rings is 1. The Morgan fingerprint density at radius 3 is 2.67 bits per heavy atom. The van der Waals surface area contributed by atoms with E-state index in [-0.39, 0.29) is 0 Å². The van der Waals surface area contributed by atoms with Crippen molar-refractivity contribution in [2.75, 3.05) is 0 Å². The number of aryl methyl sites for hydroxylation is 1. The van der Waals surface area contributed by atoms with E-state index in [1.54, 1.807) is 18.3 Å². The predicted octanol–water partition coefficient (Wildman–Crippen LogP) is 4.24. The number of hydrogen-bond donors (Lipinski definition) is 1. The number of H-pyrrole nitrogens is 1. The van der Waals surface area contributed by atoms with Gasteiger partial charge in [0, 0.05) is 11.8 Å². The van der Waals surface area contributed by atoms with Crippen LogP contribution in [0.4, 0.5) is 0 Å². The van der Waals surface area contributed by atoms with Gasteiger partial charge in [0.1, 0.15) is 5.82 Å². The van der Waals surface area contributed by atoms with Crippen LogP contribution in [-0.4, -0.2) is 15.0 Å². The second-order valence-electron chi connectivity index (χ2n) is 4.04. The number of fused-ring (bicyclic) bond motifs is 1. The van der Waals surface area contributed by atoms with Crippen LogP contribution in [0.3, 0.4) is 0 Å². The maximum absolute atomic E-state index is 6.00. The van der Waals surface area contributed by atoms with Gasteiger partial charge in [-0.3, -0.25) is 0 Å². The molecule has 18 heavy (non-hydrogen) atoms. The highest BCUT2D eigenvalue weighted by molar-refractivity contribution is 6.42. The van der Waals surface area contributed by atoms with Crippen LogP contribution in [0, 0.1) is 6.92 Å². The van der Waals surface area contributed by atoms with Gasteiger partial charge >= 0.3 is 0 Å². The topological polar surface area (TPSA) is 41.6 Å². The van der Waals surface area contributed by atoms with Gasteiger partial charge in [-0.15, -0.1) is 0 Å². The number of halogens is 2. The summed E-state index contributed by atoms with van der Waals surface area (Å²) in [5, 5.41) is 1.05. The molecule has 0 aliphatic rings. The largest absolute Gasteiger partial charge is 0.336 e. The van der Waals surface area contributed by atoms with Crippen molar-refractivity contribution in [2.24, 2.45) is 0 Å². The lowest BCUT2D eigenvalue weighted by Crippen LogP contribution is -1.80. The Morgan fingerprint density at radius 1 is 1.11 bits per heavy atom. The Bertz CT molecular complexity index is 734. The van der Waals surface area contributed by atoms with E-state index in [1.807, 2.05) is 19.1 Å². The van der Waals surface area contributed by atoms with Gasteiger partial charge < -0.3 is 4.98 Å². The molecule has 0 bridgehead atoms. The Morgan fingerprint density at radius 2 is 1.94 bits per heavy atom. The minimum Gasteiger partial charge on any atom is -0.336 e. The molecule has 0 amide bonds. The van der Waals surface area contributed by atoms with Crippen molar-refractivity contribution in [3.63, 3.8) is 0 Å². The lowest BCUT2D eigenvalue weighted by molar-refractivity contribution is 1.30. The zero-order valence-corrected chi connectivity index (χ0v) is 11.0. The van der Waals surface area contributed by atoms with Crippen molar-refractivity contribution < 1.29 is 0 Å². The minimum atomic E-state index is 0.513. The maximum atomic E-state index is 6.00. The molecule has 1 N–H and O–H groups in total. The Kier molecular flexibility index (Phi) is 2.73. The summed E-state index contributed by atoms with van der Waals surface area (Å²) in [4.78, 5) is 11.9. The third-order valence-electron chi connectivity index (χ3n) is 2.79. The summed E-state index contributed by atoms with van der Waals surface area (Å²) in [5.41, 5.74) is 3.65. The highest BCUT2D eigenvalue weighted by Gasteiger charge is 2.09. The van der Waals surface area contributed by atoms with Crippen LogP contribution in [0.5, 0.6) is 0 Å². The van der Waals surface area contributed by atoms with Crippen LogP contribution in [0.25, 0.3) is 22.6 Å². The van der Waals surface area contributed by atoms with Crippen molar-refractivity contribution in [3.05, 3.63) is 46.1 Å². The lowest BCUT2D eigenvalue weighted by atomic mass is 10.2. The van der Waals surface area contributed by atoms with Crippen LogP contribution < -0.4 is 0 Å². The maximum Gasteiger partial charge on any atom is 0.178 e. The Labute approximate surface area is 114 Å². The molecule has 3 nitrogen and oxygen atoms in total. The molecule has 2 aromatic heterocycles. The monoisotopic (exact) mass is 277 g/mol. The van der Waals surface area contributed by atoms with E-state index in [1.165, 1.54) is 0 Å². The number of nitrogens with zero attached hydrogens (tertiary/aromatic N) is 2. The second-order valence-corrected chi connectivity index (χ2v) is 4.86. The number of imidazole rings is 1. The summed E-state index contributed by atoms with van der Waals surface area (Å²) < 4.78 is 0. The molecule has 0 radical (unpaired) electrons. The minimum absolute atomic E-state index is 0.513. The number of hydrogen-bond acceptors (Lipinski definition) is 2. The number of pyridine rings is 1. The smallest absolute Gasteiger partial charge is 0.178 e. The number of rotatable bonds is 1. The molecule has 0 spiro atoms. The highest BCUT2D eigenvalue weighted by Crippen LogP contribution is 2.28. The van der Waals surface area contributed by atoms with Crippen molar-refractivity contribution in [1.29, 1.82) is 0 Å². The molecular weight excluding hydrogens is 269 g/mol. The van der Waals surface area contributed by atoms with Crippen molar-refractivity contribution in [2.45, 2.75) is 6.92 Å². The molecule has 0 aliphatic heterocycles. The normalized spacial score (nSPS) is 11.1. The predicted molar refractivity (Wildman–Crippen MR) is 74.1 cm³/mol. The fourth-order valence-corrected chi connectivity index (χ4v) is 2.11. The van der Waals surface area contributed by atoms with Gasteiger partial charge in [-0.1, -0.05) is 23.2 Å². The first-order valence-electron chi connectivity index (χ1n) is 5.42. The van der Waals surface area contributed by atoms with Crippen molar-refractivity contribution >= 4 is 34.4 Å². The molecule has 5 heteroatoms. The molecule has 0 saturated carbocycles. The number of aromatic nitrogens is 3. The first-order chi connectivity index (χ1) is 8.65. The first kappa shape index (κ1) is 11.5. The average molecular weight is 278 g/mol. The summed E-state index contributed by atoms with van der Waals surface area (Å²) in [7, 11) is 0. The summed E-state index contributed by atoms with van der Waals surface area (Å²) in [6.07, 6.45) is 1.75. The Hall–Kier alpha value is -1.58. The van der Waals surface area contributed by atoms with Crippen molar-refractivity contribution in [1.82, 2.24) is 15.0 Å². The van der Waals surface area contributed by atoms with Gasteiger partial charge in [0.15, 0.2) is 5.65 Å². The molecule has 3 aromatic rings. The molecule has 0 aliphatic carbocycles. The standard InChI is InChI=1S/C13H9Cl2N3/c1-7-4-5-16-13-11(7)17-12(18-13)8-2-3-9(14)10(15)6-8/h2-6H,1H3,(H,16,17,18). The van der Waals surface area contributed by atoms with E-state index in [0.717, 1.165) is 22.5 Å². The molecule has 2 heterocycles. The van der Waals surface area contributed by atoms with E-state index < -0.39 is 0 Å². The van der Waals surface area contributed by atoms with E-state index in [2.05, 4.69) is 15.0 Å². The molecule has 0 atom stereocenters. The van der Waals surface area contributed by atoms with Gasteiger partial charge in [0.25, 0.3) is 0 Å². The second kappa shape index (κ2) is 4.26. The summed E-state index contributed by atoms with van der Waals surface area (Å²) in [6.45, 7) is 2.01. The Balaban J connectivity index is 2.19. The highest BCUT2D eigenvalue weighted by atomic mass is 35.5. The van der Waals surface area contributed by atoms with Crippen LogP contribution in [-0.2, 0) is 0 Å². The van der Waals surface area contributed by atoms with Gasteiger partial charge in [-0.2, -0.15) is 0 Å². The molecule has 0 saturated heterocycles. The fourth-order valence-electron chi connectivity index (χ4n) is 1.82. The molecular formula is C13H9Cl2N3. The van der Waals surface area contributed by atoms with E-state index in [4.69, 9.17) is 23.2 Å². The van der Waals surface area contributed by atoms with Gasteiger partial charge in [-0.25, -0.2) is 9.97 Å². The third kappa shape index (κ3) is 1.85. The quantitative estimate of drug-likeness (QED) is 0.723. The van der Waals surface area contributed by atoms with Crippen LogP contribution in [0.2, 0.25) is 10.0 Å². The average Bonchev–Trinajstić information content (AvgIpc) is 2.78. The SMILES string of the molecule is Cc1ccnc2nc(-c3ccc(Cl)c(Cl)c3)[nH]c12. The molecule has 1 aromatic carbocycles. The van der Waals surface area contributed by atoms with E-state index in [0.29, 0.717) is 15.7 Å². The molecule has 0 fully saturated rings. The summed E-state index contributed by atoms with van der Waals surface area (Å²) in [6, 6.07) is 7.37. The fraction of sp³-hybridized carbons (Fsp3) is 0.0769. The van der Waals surface area contributed by atoms with Gasteiger partial charge in [-0.05, 0) is 36.8 Å². The van der Waals surface area contributed by atoms with E-state index in [9.17, 15) is 0 Å². The van der Waals surface area contributed by atoms with Crippen LogP contribution >= 0.6 is 23.2 Å². The number of aromatic amines is 1. The van der Waals surface area contributed by atoms with Gasteiger partial charge in [0.2, 0.25) is 0 Å². The third-order valence-corrected chi connectivity index (χ3v) is 3.53. The van der Waals surface area contributed by atoms with Gasteiger partial charge in [0.05, 0.1) is 15.6 Å². The molecule has 90 valence electrons. The van der Waals surface area contributed by atoms with E-state index >= 15 is 0 Å². The van der Waals surface area contributed by atoms with Crippen LogP contribution in [0.15, 0.2) is 30.5 Å². The zero-order chi connectivity index (χ0) is 12.7. The number of nitrogens with one attached hydrogen (secondary N) is 1. The van der Waals surface area contributed by atoms with Crippen molar-refractivity contribution in [3.8, 4) is 11.4 Å². The zero-order valence-electron chi connectivity index (χ0n) is 9.54. The summed E-state index contributed by atoms with van der Waals surface area (Å²) in [5.74, 6) is 0.741. The molecule has 3 rings (SSSR count). The molecule has 0 unspecified atom stereocenters. The van der Waals surface area contributed by atoms with Crippen LogP contribution in [0.1, 0.15) is 5.56 Å². The first-order valence-corrected chi connectivity index (χ1v) is 6.17.